The third-order valence-electron chi connectivity index (χ3n) is 5.84. The number of hydrogen-bond acceptors (Lipinski definition) is 5. The Bertz CT molecular complexity index is 1170. The van der Waals surface area contributed by atoms with Crippen molar-refractivity contribution < 1.29 is 23.1 Å². The van der Waals surface area contributed by atoms with Gasteiger partial charge in [0.05, 0.1) is 22.5 Å². The first-order chi connectivity index (χ1) is 16.3. The number of rotatable bonds is 5. The fourth-order valence-electron chi connectivity index (χ4n) is 3.93. The predicted octanol–water partition coefficient (Wildman–Crippen LogP) is 2.97. The number of alkyl halides is 1. The molecule has 11 heteroatoms. The summed E-state index contributed by atoms with van der Waals surface area (Å²) in [6.07, 6.45) is 1.18. The largest absolute Gasteiger partial charge is 0.374 e. The van der Waals surface area contributed by atoms with Crippen LogP contribution in [0.5, 0.6) is 0 Å². The standard InChI is InChI=1S/C23H24ClF2N5O3/c1-30-17(15-5-6-18(34-2)20(26)19(15)25)12-28-21(30)22(32)29-13-3-4-14(16(24)11-13)23(33)31-9-7-27-8-10-31/h3-6,11-12,18,20,27H,7-10H2,1-2H3,(H,29,32). The summed E-state index contributed by atoms with van der Waals surface area (Å²) < 4.78 is 35.1. The smallest absolute Gasteiger partial charge is 0.291 e. The van der Waals surface area contributed by atoms with E-state index in [-0.39, 0.29) is 28.0 Å². The molecule has 2 heterocycles. The molecule has 180 valence electrons. The van der Waals surface area contributed by atoms with Crippen molar-refractivity contribution in [1.29, 1.82) is 0 Å². The van der Waals surface area contributed by atoms with Crippen LogP contribution in [0.15, 0.2) is 42.4 Å². The second kappa shape index (κ2) is 10.0. The normalized spacial score (nSPS) is 20.6. The summed E-state index contributed by atoms with van der Waals surface area (Å²) in [7, 11) is 2.83. The molecule has 1 aromatic heterocycles. The summed E-state index contributed by atoms with van der Waals surface area (Å²) in [5.41, 5.74) is 0.952. The lowest BCUT2D eigenvalue weighted by Gasteiger charge is -2.27. The van der Waals surface area contributed by atoms with Crippen LogP contribution in [0.2, 0.25) is 5.02 Å². The van der Waals surface area contributed by atoms with Crippen LogP contribution in [-0.4, -0.2) is 71.8 Å². The number of carbonyl (C=O) groups is 2. The molecule has 1 aliphatic heterocycles. The molecule has 0 saturated carbocycles. The number of nitrogens with zero attached hydrogens (tertiary/aromatic N) is 3. The number of methoxy groups -OCH3 is 1. The number of hydrogen-bond donors (Lipinski definition) is 2. The number of imidazole rings is 1. The molecule has 1 aromatic carbocycles. The van der Waals surface area contributed by atoms with E-state index in [0.717, 1.165) is 13.1 Å². The molecule has 0 radical (unpaired) electrons. The number of benzene rings is 1. The van der Waals surface area contributed by atoms with E-state index in [4.69, 9.17) is 16.3 Å². The number of carbonyl (C=O) groups excluding carboxylic acids is 2. The van der Waals surface area contributed by atoms with E-state index in [9.17, 15) is 18.4 Å². The van der Waals surface area contributed by atoms with Gasteiger partial charge >= 0.3 is 0 Å². The van der Waals surface area contributed by atoms with Crippen LogP contribution in [0, 0.1) is 0 Å². The van der Waals surface area contributed by atoms with E-state index in [0.29, 0.717) is 24.3 Å². The molecule has 8 nitrogen and oxygen atoms in total. The SMILES string of the molecule is COC1C=CC(c2cnc(C(=O)Nc3ccc(C(=O)N4CCNCC4)c(Cl)c3)n2C)=C(F)C1F. The number of ether oxygens (including phenoxy) is 1. The van der Waals surface area contributed by atoms with E-state index < -0.39 is 24.0 Å². The van der Waals surface area contributed by atoms with Gasteiger partial charge in [0.15, 0.2) is 12.0 Å². The number of allylic oxidation sites excluding steroid dienone is 2. The summed E-state index contributed by atoms with van der Waals surface area (Å²) in [6, 6.07) is 4.63. The summed E-state index contributed by atoms with van der Waals surface area (Å²) in [5.74, 6) is -1.74. The fourth-order valence-corrected chi connectivity index (χ4v) is 4.19. The highest BCUT2D eigenvalue weighted by Crippen LogP contribution is 2.32. The van der Waals surface area contributed by atoms with Crippen molar-refractivity contribution in [2.75, 3.05) is 38.6 Å². The minimum atomic E-state index is -1.94. The van der Waals surface area contributed by atoms with Gasteiger partial charge in [-0.3, -0.25) is 9.59 Å². The molecular weight excluding hydrogens is 468 g/mol. The fraction of sp³-hybridized carbons (Fsp3) is 0.348. The van der Waals surface area contributed by atoms with E-state index in [1.54, 1.807) is 17.0 Å². The first kappa shape index (κ1) is 24.1. The lowest BCUT2D eigenvalue weighted by molar-refractivity contribution is 0.0715. The number of nitrogens with one attached hydrogen (secondary N) is 2. The first-order valence-electron chi connectivity index (χ1n) is 10.7. The van der Waals surface area contributed by atoms with Gasteiger partial charge in [0.2, 0.25) is 0 Å². The summed E-state index contributed by atoms with van der Waals surface area (Å²) >= 11 is 6.33. The molecular formula is C23H24ClF2N5O3. The molecule has 34 heavy (non-hydrogen) atoms. The van der Waals surface area contributed by atoms with Crippen molar-refractivity contribution in [2.24, 2.45) is 7.05 Å². The van der Waals surface area contributed by atoms with Gasteiger partial charge in [0.25, 0.3) is 11.8 Å². The van der Waals surface area contributed by atoms with Crippen molar-refractivity contribution in [1.82, 2.24) is 19.8 Å². The maximum absolute atomic E-state index is 14.6. The Morgan fingerprint density at radius 1 is 1.29 bits per heavy atom. The molecule has 1 saturated heterocycles. The molecule has 0 bridgehead atoms. The zero-order valence-corrected chi connectivity index (χ0v) is 19.4. The van der Waals surface area contributed by atoms with E-state index >= 15 is 0 Å². The van der Waals surface area contributed by atoms with E-state index in [1.807, 2.05) is 0 Å². The van der Waals surface area contributed by atoms with Gasteiger partial charge in [-0.25, -0.2) is 13.8 Å². The Morgan fingerprint density at radius 2 is 2.03 bits per heavy atom. The zero-order chi connectivity index (χ0) is 24.4. The maximum atomic E-state index is 14.6. The molecule has 4 rings (SSSR count). The molecule has 2 N–H and O–H groups in total. The van der Waals surface area contributed by atoms with Gasteiger partial charge in [-0.15, -0.1) is 0 Å². The van der Waals surface area contributed by atoms with Crippen LogP contribution >= 0.6 is 11.6 Å². The average molecular weight is 492 g/mol. The van der Waals surface area contributed by atoms with Crippen LogP contribution in [0.4, 0.5) is 14.5 Å². The molecule has 2 atom stereocenters. The number of aromatic nitrogens is 2. The molecule has 0 spiro atoms. The lowest BCUT2D eigenvalue weighted by Crippen LogP contribution is -2.46. The Hall–Kier alpha value is -3.08. The molecule has 2 unspecified atom stereocenters. The van der Waals surface area contributed by atoms with Crippen molar-refractivity contribution in [2.45, 2.75) is 12.3 Å². The van der Waals surface area contributed by atoms with Crippen molar-refractivity contribution in [3.8, 4) is 0 Å². The van der Waals surface area contributed by atoms with E-state index in [1.165, 1.54) is 43.1 Å². The topological polar surface area (TPSA) is 88.5 Å². The molecule has 1 aliphatic carbocycles. The number of amides is 2. The molecule has 2 amide bonds. The second-order valence-corrected chi connectivity index (χ2v) is 8.35. The number of piperazine rings is 1. The first-order valence-corrected chi connectivity index (χ1v) is 11.1. The summed E-state index contributed by atoms with van der Waals surface area (Å²) in [4.78, 5) is 31.3. The van der Waals surface area contributed by atoms with Gasteiger partial charge in [-0.1, -0.05) is 23.8 Å². The maximum Gasteiger partial charge on any atom is 0.291 e. The lowest BCUT2D eigenvalue weighted by atomic mass is 10.00. The number of anilines is 1. The van der Waals surface area contributed by atoms with Gasteiger partial charge in [0, 0.05) is 51.6 Å². The monoisotopic (exact) mass is 491 g/mol. The Morgan fingerprint density at radius 3 is 2.71 bits per heavy atom. The zero-order valence-electron chi connectivity index (χ0n) is 18.6. The minimum Gasteiger partial charge on any atom is -0.374 e. The summed E-state index contributed by atoms with van der Waals surface area (Å²) in [5, 5.41) is 6.07. The van der Waals surface area contributed by atoms with Gasteiger partial charge in [-0.2, -0.15) is 0 Å². The molecule has 2 aliphatic rings. The molecule has 1 fully saturated rings. The Kier molecular flexibility index (Phi) is 7.11. The highest BCUT2D eigenvalue weighted by molar-refractivity contribution is 6.34. The third-order valence-corrected chi connectivity index (χ3v) is 6.15. The van der Waals surface area contributed by atoms with Crippen molar-refractivity contribution in [3.05, 3.63) is 64.5 Å². The van der Waals surface area contributed by atoms with Crippen LogP contribution in [0.25, 0.3) is 5.57 Å². The van der Waals surface area contributed by atoms with E-state index in [2.05, 4.69) is 15.6 Å². The highest BCUT2D eigenvalue weighted by Gasteiger charge is 2.31. The van der Waals surface area contributed by atoms with Crippen molar-refractivity contribution in [3.63, 3.8) is 0 Å². The Balaban J connectivity index is 1.50. The van der Waals surface area contributed by atoms with Crippen LogP contribution in [0.1, 0.15) is 26.7 Å². The molecule has 2 aromatic rings. The van der Waals surface area contributed by atoms with Gasteiger partial charge < -0.3 is 24.8 Å². The van der Waals surface area contributed by atoms with Crippen LogP contribution in [-0.2, 0) is 11.8 Å². The third kappa shape index (κ3) is 4.61. The van der Waals surface area contributed by atoms with Gasteiger partial charge in [0.1, 0.15) is 11.9 Å². The Labute approximate surface area is 200 Å². The van der Waals surface area contributed by atoms with Gasteiger partial charge in [-0.05, 0) is 18.2 Å². The second-order valence-electron chi connectivity index (χ2n) is 7.94. The average Bonchev–Trinajstić information content (AvgIpc) is 3.22. The summed E-state index contributed by atoms with van der Waals surface area (Å²) in [6.45, 7) is 2.63. The predicted molar refractivity (Wildman–Crippen MR) is 124 cm³/mol. The van der Waals surface area contributed by atoms with Crippen LogP contribution in [0.3, 0.4) is 0 Å². The highest BCUT2D eigenvalue weighted by atomic mass is 35.5. The number of halogens is 3. The minimum absolute atomic E-state index is 0.00586. The van der Waals surface area contributed by atoms with Crippen LogP contribution < -0.4 is 10.6 Å². The van der Waals surface area contributed by atoms with Crippen molar-refractivity contribution >= 4 is 34.7 Å². The quantitative estimate of drug-likeness (QED) is 0.671.